The van der Waals surface area contributed by atoms with Gasteiger partial charge >= 0.3 is 6.09 Å². The Morgan fingerprint density at radius 3 is 2.74 bits per heavy atom. The third-order valence-corrected chi connectivity index (χ3v) is 4.21. The number of aromatic amines is 1. The van der Waals surface area contributed by atoms with Crippen LogP contribution in [0.1, 0.15) is 36.1 Å². The molecule has 1 aliphatic rings. The van der Waals surface area contributed by atoms with Crippen molar-refractivity contribution in [3.05, 3.63) is 57.8 Å². The molecule has 1 aliphatic heterocycles. The van der Waals surface area contributed by atoms with Crippen LogP contribution in [-0.4, -0.2) is 29.8 Å². The van der Waals surface area contributed by atoms with Crippen molar-refractivity contribution in [3.63, 3.8) is 0 Å². The molecule has 7 heteroatoms. The van der Waals surface area contributed by atoms with Crippen LogP contribution in [0, 0.1) is 5.82 Å². The summed E-state index contributed by atoms with van der Waals surface area (Å²) in [6.07, 6.45) is 0.808. The quantitative estimate of drug-likeness (QED) is 0.923. The van der Waals surface area contributed by atoms with Gasteiger partial charge in [0, 0.05) is 18.5 Å². The monoisotopic (exact) mass is 320 g/mol. The van der Waals surface area contributed by atoms with E-state index >= 15 is 0 Å². The van der Waals surface area contributed by atoms with Crippen molar-refractivity contribution in [3.8, 4) is 0 Å². The molecule has 3 rings (SSSR count). The summed E-state index contributed by atoms with van der Waals surface area (Å²) in [5.74, 6) is 0.249. The van der Waals surface area contributed by atoms with Gasteiger partial charge in [0.05, 0.1) is 13.2 Å². The van der Waals surface area contributed by atoms with Gasteiger partial charge in [0.25, 0.3) is 5.56 Å². The number of benzene rings is 1. The molecule has 1 aromatic carbocycles. The van der Waals surface area contributed by atoms with Crippen LogP contribution in [0.25, 0.3) is 0 Å². The number of hydrogen-bond acceptors (Lipinski definition) is 4. The summed E-state index contributed by atoms with van der Waals surface area (Å²) in [6.45, 7) is 0.467. The first-order valence-corrected chi connectivity index (χ1v) is 7.37. The number of carbonyl (C=O) groups is 1. The zero-order chi connectivity index (χ0) is 16.4. The highest BCUT2D eigenvalue weighted by molar-refractivity contribution is 5.68. The summed E-state index contributed by atoms with van der Waals surface area (Å²) in [7, 11) is 1.33. The minimum absolute atomic E-state index is 0.00455. The van der Waals surface area contributed by atoms with E-state index in [1.54, 1.807) is 17.0 Å². The molecule has 6 nitrogen and oxygen atoms in total. The predicted molar refractivity (Wildman–Crippen MR) is 79.6 cm³/mol. The third kappa shape index (κ3) is 3.13. The molecule has 1 saturated heterocycles. The highest BCUT2D eigenvalue weighted by Crippen LogP contribution is 2.39. The van der Waals surface area contributed by atoms with Crippen molar-refractivity contribution in [1.82, 2.24) is 10.1 Å². The topological polar surface area (TPSA) is 75.5 Å². The molecule has 0 saturated carbocycles. The van der Waals surface area contributed by atoms with Gasteiger partial charge in [-0.1, -0.05) is 12.1 Å². The van der Waals surface area contributed by atoms with Crippen LogP contribution in [0.3, 0.4) is 0 Å². The van der Waals surface area contributed by atoms with Crippen molar-refractivity contribution in [2.45, 2.75) is 24.8 Å². The highest BCUT2D eigenvalue weighted by atomic mass is 19.1. The molecule has 0 radical (unpaired) electrons. The first-order chi connectivity index (χ1) is 11.1. The summed E-state index contributed by atoms with van der Waals surface area (Å²) < 4.78 is 23.2. The van der Waals surface area contributed by atoms with E-state index in [0.29, 0.717) is 25.1 Å². The molecular weight excluding hydrogens is 303 g/mol. The van der Waals surface area contributed by atoms with Crippen molar-refractivity contribution < 1.29 is 18.4 Å². The Kier molecular flexibility index (Phi) is 4.18. The first kappa shape index (κ1) is 15.3. The fraction of sp³-hybridized carbons (Fsp3) is 0.375. The normalized spacial score (nSPS) is 21.2. The van der Waals surface area contributed by atoms with Crippen LogP contribution < -0.4 is 5.56 Å². The minimum Gasteiger partial charge on any atom is -0.453 e. The smallest absolute Gasteiger partial charge is 0.409 e. The SMILES string of the molecule is COC(=O)N1CC[C@H](c2cc(=O)[nH]o2)C[C@H]1c1ccc(F)cc1. The lowest BCUT2D eigenvalue weighted by molar-refractivity contribution is 0.0815. The molecule has 1 fully saturated rings. The lowest BCUT2D eigenvalue weighted by Crippen LogP contribution is -2.40. The summed E-state index contributed by atoms with van der Waals surface area (Å²) in [5.41, 5.74) is 0.535. The van der Waals surface area contributed by atoms with E-state index in [2.05, 4.69) is 5.16 Å². The lowest BCUT2D eigenvalue weighted by Gasteiger charge is -2.38. The number of rotatable bonds is 2. The van der Waals surface area contributed by atoms with E-state index in [1.807, 2.05) is 0 Å². The minimum atomic E-state index is -0.423. The summed E-state index contributed by atoms with van der Waals surface area (Å²) in [6, 6.07) is 7.22. The Bertz CT molecular complexity index is 737. The molecule has 0 aliphatic carbocycles. The zero-order valence-electron chi connectivity index (χ0n) is 12.6. The van der Waals surface area contributed by atoms with Gasteiger partial charge in [0.15, 0.2) is 0 Å². The van der Waals surface area contributed by atoms with Crippen LogP contribution in [0.5, 0.6) is 0 Å². The average molecular weight is 320 g/mol. The van der Waals surface area contributed by atoms with E-state index in [1.165, 1.54) is 25.3 Å². The van der Waals surface area contributed by atoms with Gasteiger partial charge in [-0.3, -0.25) is 4.79 Å². The second-order valence-electron chi connectivity index (χ2n) is 5.57. The van der Waals surface area contributed by atoms with Crippen LogP contribution in [0.15, 0.2) is 39.6 Å². The number of amides is 1. The number of H-pyrrole nitrogens is 1. The zero-order valence-corrected chi connectivity index (χ0v) is 12.6. The second kappa shape index (κ2) is 6.28. The molecular formula is C16H17FN2O4. The van der Waals surface area contributed by atoms with E-state index in [-0.39, 0.29) is 23.3 Å². The average Bonchev–Trinajstić information content (AvgIpc) is 3.01. The molecule has 1 amide bonds. The molecule has 0 unspecified atom stereocenters. The number of ether oxygens (including phenoxy) is 1. The van der Waals surface area contributed by atoms with E-state index in [4.69, 9.17) is 9.26 Å². The summed E-state index contributed by atoms with van der Waals surface area (Å²) in [5, 5.41) is 2.29. The molecule has 2 heterocycles. The van der Waals surface area contributed by atoms with Gasteiger partial charge in [-0.15, -0.1) is 0 Å². The van der Waals surface area contributed by atoms with Crippen molar-refractivity contribution >= 4 is 6.09 Å². The maximum atomic E-state index is 13.2. The molecule has 2 atom stereocenters. The molecule has 1 N–H and O–H groups in total. The van der Waals surface area contributed by atoms with Gasteiger partial charge < -0.3 is 14.2 Å². The Morgan fingerprint density at radius 1 is 1.39 bits per heavy atom. The number of aromatic nitrogens is 1. The molecule has 1 aromatic heterocycles. The maximum absolute atomic E-state index is 13.2. The van der Waals surface area contributed by atoms with Crippen LogP contribution in [0.2, 0.25) is 0 Å². The van der Waals surface area contributed by atoms with E-state index in [0.717, 1.165) is 5.56 Å². The fourth-order valence-electron chi connectivity index (χ4n) is 3.06. The fourth-order valence-corrected chi connectivity index (χ4v) is 3.06. The number of halogens is 1. The summed E-state index contributed by atoms with van der Waals surface area (Å²) in [4.78, 5) is 24.9. The maximum Gasteiger partial charge on any atom is 0.409 e. The predicted octanol–water partition coefficient (Wildman–Crippen LogP) is 2.79. The largest absolute Gasteiger partial charge is 0.453 e. The van der Waals surface area contributed by atoms with Gasteiger partial charge in [-0.25, -0.2) is 9.18 Å². The van der Waals surface area contributed by atoms with Gasteiger partial charge in [-0.05, 0) is 30.5 Å². The van der Waals surface area contributed by atoms with E-state index in [9.17, 15) is 14.0 Å². The van der Waals surface area contributed by atoms with Crippen LogP contribution in [0.4, 0.5) is 9.18 Å². The third-order valence-electron chi connectivity index (χ3n) is 4.21. The second-order valence-corrected chi connectivity index (χ2v) is 5.57. The molecule has 122 valence electrons. The Balaban J connectivity index is 1.89. The number of nitrogens with one attached hydrogen (secondary N) is 1. The van der Waals surface area contributed by atoms with Gasteiger partial charge in [0.1, 0.15) is 11.6 Å². The van der Waals surface area contributed by atoms with Crippen LogP contribution in [-0.2, 0) is 4.74 Å². The summed E-state index contributed by atoms with van der Waals surface area (Å²) >= 11 is 0. The molecule has 2 aromatic rings. The number of methoxy groups -OCH3 is 1. The van der Waals surface area contributed by atoms with Gasteiger partial charge in [0.2, 0.25) is 0 Å². The van der Waals surface area contributed by atoms with Crippen molar-refractivity contribution in [1.29, 1.82) is 0 Å². The molecule has 0 spiro atoms. The molecule has 23 heavy (non-hydrogen) atoms. The number of nitrogens with zero attached hydrogens (tertiary/aromatic N) is 1. The van der Waals surface area contributed by atoms with Gasteiger partial charge in [-0.2, -0.15) is 5.16 Å². The number of piperidine rings is 1. The Morgan fingerprint density at radius 2 is 2.13 bits per heavy atom. The van der Waals surface area contributed by atoms with Crippen LogP contribution >= 0.6 is 0 Å². The lowest BCUT2D eigenvalue weighted by atomic mass is 9.86. The molecule has 0 bridgehead atoms. The Hall–Kier alpha value is -2.57. The van der Waals surface area contributed by atoms with Crippen molar-refractivity contribution in [2.24, 2.45) is 0 Å². The first-order valence-electron chi connectivity index (χ1n) is 7.37. The Labute approximate surface area is 131 Å². The van der Waals surface area contributed by atoms with E-state index < -0.39 is 6.09 Å². The highest BCUT2D eigenvalue weighted by Gasteiger charge is 2.35. The number of carbonyl (C=O) groups excluding carboxylic acids is 1. The number of likely N-dealkylation sites (tertiary alicyclic amines) is 1. The van der Waals surface area contributed by atoms with Crippen molar-refractivity contribution in [2.75, 3.05) is 13.7 Å². The standard InChI is InChI=1S/C16H17FN2O4/c1-22-16(21)19-7-6-11(14-9-15(20)18-23-14)8-13(19)10-2-4-12(17)5-3-10/h2-5,9,11,13H,6-8H2,1H3,(H,18,20)/t11-,13-/m0/s1. The number of hydrogen-bond donors (Lipinski definition) is 1.